The zero-order chi connectivity index (χ0) is 9.59. The van der Waals surface area contributed by atoms with E-state index >= 15 is 0 Å². The maximum Gasteiger partial charge on any atom is 0.0255 e. The van der Waals surface area contributed by atoms with Gasteiger partial charge < -0.3 is 0 Å². The van der Waals surface area contributed by atoms with Gasteiger partial charge in [0.15, 0.2) is 0 Å². The molecule has 2 fully saturated rings. The van der Waals surface area contributed by atoms with Crippen LogP contribution in [-0.2, 0) is 0 Å². The number of hydrogen-bond acceptors (Lipinski definition) is 1. The highest BCUT2D eigenvalue weighted by Crippen LogP contribution is 2.46. The average Bonchev–Trinajstić information content (AvgIpc) is 2.62. The van der Waals surface area contributed by atoms with E-state index in [1.165, 1.54) is 19.4 Å². The summed E-state index contributed by atoms with van der Waals surface area (Å²) in [6, 6.07) is 1.75. The molecular weight excluding hydrogens is 158 g/mol. The molecule has 0 aromatic rings. The standard InChI is InChI=1S/C12H23N/c1-8(2)10-5-11(6-10)12-7-13(12)9(3)4/h8-12H,5-7H2,1-4H3. The van der Waals surface area contributed by atoms with Crippen molar-refractivity contribution >= 4 is 0 Å². The van der Waals surface area contributed by atoms with Crippen molar-refractivity contribution in [2.24, 2.45) is 17.8 Å². The molecule has 1 aliphatic carbocycles. The Balaban J connectivity index is 1.71. The lowest BCUT2D eigenvalue weighted by Crippen LogP contribution is -2.33. The Morgan fingerprint density at radius 3 is 2.08 bits per heavy atom. The third-order valence-corrected chi connectivity index (χ3v) is 4.05. The third-order valence-electron chi connectivity index (χ3n) is 4.05. The third kappa shape index (κ3) is 1.76. The Morgan fingerprint density at radius 2 is 1.69 bits per heavy atom. The molecule has 1 saturated heterocycles. The Hall–Kier alpha value is -0.0400. The second-order valence-electron chi connectivity index (χ2n) is 5.59. The molecule has 76 valence electrons. The van der Waals surface area contributed by atoms with E-state index in [0.717, 1.165) is 29.8 Å². The molecule has 0 radical (unpaired) electrons. The molecule has 1 aliphatic heterocycles. The highest BCUT2D eigenvalue weighted by Gasteiger charge is 2.47. The normalized spacial score (nSPS) is 43.8. The lowest BCUT2D eigenvalue weighted by Gasteiger charge is -2.38. The lowest BCUT2D eigenvalue weighted by atomic mass is 9.68. The molecule has 0 N–H and O–H groups in total. The molecule has 1 heteroatoms. The molecule has 2 aliphatic rings. The Labute approximate surface area is 82.5 Å². The quantitative estimate of drug-likeness (QED) is 0.605. The van der Waals surface area contributed by atoms with Gasteiger partial charge in [-0.1, -0.05) is 13.8 Å². The second-order valence-corrected chi connectivity index (χ2v) is 5.59. The van der Waals surface area contributed by atoms with Crippen LogP contribution < -0.4 is 0 Å². The fourth-order valence-corrected chi connectivity index (χ4v) is 2.75. The van der Waals surface area contributed by atoms with E-state index in [9.17, 15) is 0 Å². The van der Waals surface area contributed by atoms with Crippen molar-refractivity contribution < 1.29 is 0 Å². The molecule has 2 unspecified atom stereocenters. The molecule has 0 amide bonds. The SMILES string of the molecule is CC(C)C1CC(C2CN2C(C)C)C1. The minimum atomic E-state index is 0.781. The highest BCUT2D eigenvalue weighted by atomic mass is 15.3. The van der Waals surface area contributed by atoms with Crippen LogP contribution in [0.1, 0.15) is 40.5 Å². The van der Waals surface area contributed by atoms with Gasteiger partial charge >= 0.3 is 0 Å². The average molecular weight is 181 g/mol. The molecule has 0 aromatic carbocycles. The molecule has 1 nitrogen and oxygen atoms in total. The van der Waals surface area contributed by atoms with Gasteiger partial charge in [-0.3, -0.25) is 4.90 Å². The van der Waals surface area contributed by atoms with Crippen molar-refractivity contribution in [3.63, 3.8) is 0 Å². The van der Waals surface area contributed by atoms with Crippen molar-refractivity contribution in [1.82, 2.24) is 4.90 Å². The van der Waals surface area contributed by atoms with Crippen LogP contribution >= 0.6 is 0 Å². The van der Waals surface area contributed by atoms with Crippen LogP contribution in [0.3, 0.4) is 0 Å². The predicted molar refractivity (Wildman–Crippen MR) is 56.7 cm³/mol. The summed E-state index contributed by atoms with van der Waals surface area (Å²) >= 11 is 0. The summed E-state index contributed by atoms with van der Waals surface area (Å²) < 4.78 is 0. The Kier molecular flexibility index (Phi) is 2.39. The molecule has 0 bridgehead atoms. The van der Waals surface area contributed by atoms with E-state index in [4.69, 9.17) is 0 Å². The topological polar surface area (TPSA) is 3.01 Å². The van der Waals surface area contributed by atoms with E-state index < -0.39 is 0 Å². The minimum Gasteiger partial charge on any atom is -0.295 e. The molecule has 1 heterocycles. The van der Waals surface area contributed by atoms with Gasteiger partial charge in [0.05, 0.1) is 0 Å². The van der Waals surface area contributed by atoms with Crippen LogP contribution in [0, 0.1) is 17.8 Å². The summed E-state index contributed by atoms with van der Waals surface area (Å²) in [7, 11) is 0. The summed E-state index contributed by atoms with van der Waals surface area (Å²) in [6.07, 6.45) is 3.01. The molecule has 13 heavy (non-hydrogen) atoms. The van der Waals surface area contributed by atoms with Crippen LogP contribution in [0.5, 0.6) is 0 Å². The van der Waals surface area contributed by atoms with Crippen molar-refractivity contribution in [1.29, 1.82) is 0 Å². The number of nitrogens with zero attached hydrogens (tertiary/aromatic N) is 1. The first kappa shape index (κ1) is 9.51. The summed E-state index contributed by atoms with van der Waals surface area (Å²) in [4.78, 5) is 2.64. The Bertz CT molecular complexity index is 180. The first-order chi connectivity index (χ1) is 6.09. The maximum atomic E-state index is 2.64. The van der Waals surface area contributed by atoms with E-state index in [1.54, 1.807) is 0 Å². The van der Waals surface area contributed by atoms with Crippen LogP contribution in [0.15, 0.2) is 0 Å². The van der Waals surface area contributed by atoms with Crippen LogP contribution in [0.4, 0.5) is 0 Å². The van der Waals surface area contributed by atoms with Crippen molar-refractivity contribution in [3.8, 4) is 0 Å². The van der Waals surface area contributed by atoms with Gasteiger partial charge in [0.25, 0.3) is 0 Å². The maximum absolute atomic E-state index is 2.64. The molecule has 0 spiro atoms. The minimum absolute atomic E-state index is 0.781. The predicted octanol–water partition coefficient (Wildman–Crippen LogP) is 2.76. The van der Waals surface area contributed by atoms with Crippen LogP contribution in [0.25, 0.3) is 0 Å². The molecule has 0 aromatic heterocycles. The fourth-order valence-electron chi connectivity index (χ4n) is 2.75. The van der Waals surface area contributed by atoms with Gasteiger partial charge in [0.1, 0.15) is 0 Å². The summed E-state index contributed by atoms with van der Waals surface area (Å²) in [6.45, 7) is 10.8. The van der Waals surface area contributed by atoms with E-state index in [1.807, 2.05) is 0 Å². The second kappa shape index (κ2) is 3.27. The highest BCUT2D eigenvalue weighted by molar-refractivity contribution is 5.01. The van der Waals surface area contributed by atoms with Crippen molar-refractivity contribution in [2.75, 3.05) is 6.54 Å². The van der Waals surface area contributed by atoms with Gasteiger partial charge in [-0.05, 0) is 44.4 Å². The van der Waals surface area contributed by atoms with Gasteiger partial charge in [-0.2, -0.15) is 0 Å². The zero-order valence-corrected chi connectivity index (χ0v) is 9.46. The number of hydrogen-bond donors (Lipinski definition) is 0. The molecule has 2 rings (SSSR count). The first-order valence-corrected chi connectivity index (χ1v) is 5.85. The van der Waals surface area contributed by atoms with Crippen molar-refractivity contribution in [3.05, 3.63) is 0 Å². The first-order valence-electron chi connectivity index (χ1n) is 5.85. The smallest absolute Gasteiger partial charge is 0.0255 e. The van der Waals surface area contributed by atoms with Crippen molar-refractivity contribution in [2.45, 2.75) is 52.6 Å². The molecule has 2 atom stereocenters. The lowest BCUT2D eigenvalue weighted by molar-refractivity contribution is 0.124. The summed E-state index contributed by atoms with van der Waals surface area (Å²) in [5.74, 6) is 3.01. The zero-order valence-electron chi connectivity index (χ0n) is 9.46. The number of rotatable bonds is 3. The van der Waals surface area contributed by atoms with E-state index in [2.05, 4.69) is 32.6 Å². The summed E-state index contributed by atoms with van der Waals surface area (Å²) in [5.41, 5.74) is 0. The molecular formula is C12H23N. The van der Waals surface area contributed by atoms with Crippen LogP contribution in [0.2, 0.25) is 0 Å². The monoisotopic (exact) mass is 181 g/mol. The fraction of sp³-hybridized carbons (Fsp3) is 1.00. The largest absolute Gasteiger partial charge is 0.295 e. The van der Waals surface area contributed by atoms with Gasteiger partial charge in [-0.15, -0.1) is 0 Å². The van der Waals surface area contributed by atoms with Gasteiger partial charge in [0.2, 0.25) is 0 Å². The van der Waals surface area contributed by atoms with Gasteiger partial charge in [-0.25, -0.2) is 0 Å². The summed E-state index contributed by atoms with van der Waals surface area (Å²) in [5, 5.41) is 0. The van der Waals surface area contributed by atoms with Gasteiger partial charge in [0, 0.05) is 18.6 Å². The van der Waals surface area contributed by atoms with E-state index in [-0.39, 0.29) is 0 Å². The van der Waals surface area contributed by atoms with Crippen LogP contribution in [-0.4, -0.2) is 23.5 Å². The molecule has 1 saturated carbocycles. The Morgan fingerprint density at radius 1 is 1.08 bits per heavy atom. The van der Waals surface area contributed by atoms with E-state index in [0.29, 0.717) is 0 Å².